The van der Waals surface area contributed by atoms with Crippen LogP contribution in [0.3, 0.4) is 0 Å². The molecule has 0 saturated heterocycles. The number of aryl methyl sites for hydroxylation is 1. The zero-order valence-electron chi connectivity index (χ0n) is 15.4. The smallest absolute Gasteiger partial charge is 0.265 e. The summed E-state index contributed by atoms with van der Waals surface area (Å²) in [5.74, 6) is 0.768. The number of benzene rings is 2. The molecule has 1 atom stereocenters. The Labute approximate surface area is 180 Å². The Morgan fingerprint density at radius 2 is 2.00 bits per heavy atom. The lowest BCUT2D eigenvalue weighted by Gasteiger charge is -2.16. The van der Waals surface area contributed by atoms with Crippen LogP contribution in [0.4, 0.5) is 5.69 Å². The highest BCUT2D eigenvalue weighted by atomic mass is 35.5. The van der Waals surface area contributed by atoms with Crippen LogP contribution in [-0.2, 0) is 4.79 Å². The second-order valence-corrected chi connectivity index (χ2v) is 8.02. The van der Waals surface area contributed by atoms with Gasteiger partial charge in [-0.2, -0.15) is 9.61 Å². The lowest BCUT2D eigenvalue weighted by molar-refractivity contribution is -0.122. The van der Waals surface area contributed by atoms with Crippen LogP contribution < -0.4 is 10.1 Å². The van der Waals surface area contributed by atoms with Gasteiger partial charge in [-0.1, -0.05) is 46.7 Å². The SMILES string of the molecule is Cc1nnc2sc(-c3ccccc3NC(=O)[C@@H](C)Oc3ccc(Cl)cc3Cl)nn12. The van der Waals surface area contributed by atoms with Gasteiger partial charge in [0.15, 0.2) is 11.9 Å². The maximum atomic E-state index is 12.7. The molecule has 29 heavy (non-hydrogen) atoms. The molecule has 0 radical (unpaired) electrons. The molecule has 4 rings (SSSR count). The van der Waals surface area contributed by atoms with Crippen molar-refractivity contribution in [2.75, 3.05) is 5.32 Å². The van der Waals surface area contributed by atoms with Crippen LogP contribution in [0.5, 0.6) is 5.75 Å². The van der Waals surface area contributed by atoms with Crippen LogP contribution in [0.15, 0.2) is 42.5 Å². The van der Waals surface area contributed by atoms with E-state index in [0.29, 0.717) is 32.3 Å². The van der Waals surface area contributed by atoms with E-state index in [1.165, 1.54) is 11.3 Å². The average Bonchev–Trinajstić information content (AvgIpc) is 3.26. The van der Waals surface area contributed by atoms with E-state index in [-0.39, 0.29) is 5.91 Å². The summed E-state index contributed by atoms with van der Waals surface area (Å²) in [6, 6.07) is 12.3. The van der Waals surface area contributed by atoms with Gasteiger partial charge >= 0.3 is 0 Å². The van der Waals surface area contributed by atoms with Gasteiger partial charge in [0.1, 0.15) is 10.8 Å². The fourth-order valence-corrected chi connectivity index (χ4v) is 4.03. The predicted molar refractivity (Wildman–Crippen MR) is 114 cm³/mol. The van der Waals surface area contributed by atoms with E-state index >= 15 is 0 Å². The number of halogens is 2. The van der Waals surface area contributed by atoms with Gasteiger partial charge in [-0.15, -0.1) is 10.2 Å². The molecule has 2 heterocycles. The molecule has 1 amide bonds. The van der Waals surface area contributed by atoms with Crippen molar-refractivity contribution < 1.29 is 9.53 Å². The molecule has 1 N–H and O–H groups in total. The first kappa shape index (κ1) is 19.6. The van der Waals surface area contributed by atoms with Crippen LogP contribution in [0.2, 0.25) is 10.0 Å². The first-order chi connectivity index (χ1) is 13.9. The number of hydrogen-bond donors (Lipinski definition) is 1. The number of nitrogens with one attached hydrogen (secondary N) is 1. The van der Waals surface area contributed by atoms with Gasteiger partial charge in [0.25, 0.3) is 5.91 Å². The zero-order valence-corrected chi connectivity index (χ0v) is 17.7. The molecular weight excluding hydrogens is 433 g/mol. The molecule has 0 unspecified atom stereocenters. The first-order valence-electron chi connectivity index (χ1n) is 8.63. The number of amides is 1. The number of nitrogens with zero attached hydrogens (tertiary/aromatic N) is 4. The quantitative estimate of drug-likeness (QED) is 0.471. The number of hydrogen-bond acceptors (Lipinski definition) is 6. The third-order valence-electron chi connectivity index (χ3n) is 4.13. The number of carbonyl (C=O) groups is 1. The minimum atomic E-state index is -0.776. The second kappa shape index (κ2) is 7.98. The van der Waals surface area contributed by atoms with Crippen molar-refractivity contribution in [1.29, 1.82) is 0 Å². The summed E-state index contributed by atoms with van der Waals surface area (Å²) < 4.78 is 7.37. The molecule has 4 aromatic rings. The summed E-state index contributed by atoms with van der Waals surface area (Å²) >= 11 is 13.4. The average molecular weight is 448 g/mol. The normalized spacial score (nSPS) is 12.1. The Morgan fingerprint density at radius 1 is 1.21 bits per heavy atom. The van der Waals surface area contributed by atoms with Gasteiger partial charge in [-0.05, 0) is 44.2 Å². The van der Waals surface area contributed by atoms with Crippen molar-refractivity contribution >= 4 is 51.1 Å². The van der Waals surface area contributed by atoms with E-state index in [1.54, 1.807) is 29.6 Å². The zero-order chi connectivity index (χ0) is 20.5. The van der Waals surface area contributed by atoms with Gasteiger partial charge in [0, 0.05) is 10.6 Å². The molecule has 2 aromatic carbocycles. The fraction of sp³-hybridized carbons (Fsp3) is 0.158. The highest BCUT2D eigenvalue weighted by molar-refractivity contribution is 7.19. The Balaban J connectivity index is 1.55. The topological polar surface area (TPSA) is 81.4 Å². The van der Waals surface area contributed by atoms with E-state index in [0.717, 1.165) is 10.6 Å². The third kappa shape index (κ3) is 4.05. The lowest BCUT2D eigenvalue weighted by atomic mass is 10.2. The highest BCUT2D eigenvalue weighted by Crippen LogP contribution is 2.32. The Kier molecular flexibility index (Phi) is 5.40. The number of carbonyl (C=O) groups excluding carboxylic acids is 1. The third-order valence-corrected chi connectivity index (χ3v) is 5.59. The van der Waals surface area contributed by atoms with Crippen LogP contribution in [0.25, 0.3) is 15.5 Å². The predicted octanol–water partition coefficient (Wildman–Crippen LogP) is 4.87. The molecule has 7 nitrogen and oxygen atoms in total. The molecule has 0 fully saturated rings. The molecule has 2 aromatic heterocycles. The second-order valence-electron chi connectivity index (χ2n) is 6.22. The first-order valence-corrected chi connectivity index (χ1v) is 10.2. The van der Waals surface area contributed by atoms with Crippen LogP contribution in [0, 0.1) is 6.92 Å². The van der Waals surface area contributed by atoms with E-state index in [2.05, 4.69) is 20.6 Å². The summed E-state index contributed by atoms with van der Waals surface area (Å²) in [6.45, 7) is 3.48. The van der Waals surface area contributed by atoms with Gasteiger partial charge in [-0.25, -0.2) is 0 Å². The molecular formula is C19H15Cl2N5O2S. The summed E-state index contributed by atoms with van der Waals surface area (Å²) in [5.41, 5.74) is 1.41. The highest BCUT2D eigenvalue weighted by Gasteiger charge is 2.19. The Hall–Kier alpha value is -2.68. The van der Waals surface area contributed by atoms with Crippen LogP contribution >= 0.6 is 34.5 Å². The molecule has 0 bridgehead atoms. The molecule has 0 aliphatic carbocycles. The monoisotopic (exact) mass is 447 g/mol. The maximum absolute atomic E-state index is 12.7. The van der Waals surface area contributed by atoms with Crippen molar-refractivity contribution in [3.8, 4) is 16.3 Å². The van der Waals surface area contributed by atoms with Crippen LogP contribution in [-0.4, -0.2) is 31.8 Å². The van der Waals surface area contributed by atoms with E-state index < -0.39 is 6.10 Å². The number of para-hydroxylation sites is 1. The number of aromatic nitrogens is 4. The van der Waals surface area contributed by atoms with Gasteiger partial charge in [-0.3, -0.25) is 4.79 Å². The Bertz CT molecular complexity index is 1210. The number of rotatable bonds is 5. The largest absolute Gasteiger partial charge is 0.479 e. The van der Waals surface area contributed by atoms with Crippen molar-refractivity contribution in [2.45, 2.75) is 20.0 Å². The number of fused-ring (bicyclic) bond motifs is 1. The van der Waals surface area contributed by atoms with Crippen molar-refractivity contribution in [3.63, 3.8) is 0 Å². The van der Waals surface area contributed by atoms with Gasteiger partial charge in [0.2, 0.25) is 4.96 Å². The fourth-order valence-electron chi connectivity index (χ4n) is 2.65. The summed E-state index contributed by atoms with van der Waals surface area (Å²) in [4.78, 5) is 13.4. The van der Waals surface area contributed by atoms with E-state index in [1.807, 2.05) is 31.2 Å². The standard InChI is InChI=1S/C19H15Cl2N5O2S/c1-10(28-16-8-7-12(20)9-14(16)21)17(27)22-15-6-4-3-5-13(15)18-25-26-11(2)23-24-19(26)29-18/h3-10H,1-2H3,(H,22,27)/t10-/m1/s1. The van der Waals surface area contributed by atoms with E-state index in [9.17, 15) is 4.79 Å². The minimum absolute atomic E-state index is 0.317. The molecule has 0 saturated carbocycles. The minimum Gasteiger partial charge on any atom is -0.479 e. The van der Waals surface area contributed by atoms with Crippen molar-refractivity contribution in [3.05, 3.63) is 58.3 Å². The molecule has 10 heteroatoms. The van der Waals surface area contributed by atoms with Crippen molar-refractivity contribution in [2.24, 2.45) is 0 Å². The molecule has 0 aliphatic heterocycles. The summed E-state index contributed by atoms with van der Waals surface area (Å²) in [5, 5.41) is 17.1. The molecule has 0 spiro atoms. The van der Waals surface area contributed by atoms with E-state index in [4.69, 9.17) is 27.9 Å². The van der Waals surface area contributed by atoms with Gasteiger partial charge < -0.3 is 10.1 Å². The summed E-state index contributed by atoms with van der Waals surface area (Å²) in [7, 11) is 0. The molecule has 0 aliphatic rings. The van der Waals surface area contributed by atoms with Gasteiger partial charge in [0.05, 0.1) is 10.7 Å². The lowest BCUT2D eigenvalue weighted by Crippen LogP contribution is -2.30. The maximum Gasteiger partial charge on any atom is 0.265 e. The molecule has 148 valence electrons. The summed E-state index contributed by atoms with van der Waals surface area (Å²) in [6.07, 6.45) is -0.776. The number of ether oxygens (including phenoxy) is 1. The van der Waals surface area contributed by atoms with Crippen LogP contribution in [0.1, 0.15) is 12.7 Å². The Morgan fingerprint density at radius 3 is 2.76 bits per heavy atom. The number of anilines is 1. The van der Waals surface area contributed by atoms with Crippen molar-refractivity contribution in [1.82, 2.24) is 19.8 Å².